The molecule has 480 valence electrons. The number of methoxy groups -OCH3 is 1. The molecule has 0 spiro atoms. The van der Waals surface area contributed by atoms with E-state index in [-0.39, 0.29) is 44.9 Å². The van der Waals surface area contributed by atoms with Gasteiger partial charge < -0.3 is 4.74 Å². The summed E-state index contributed by atoms with van der Waals surface area (Å²) in [5.74, 6) is -3.97. The lowest BCUT2D eigenvalue weighted by Gasteiger charge is -2.13. The van der Waals surface area contributed by atoms with Crippen molar-refractivity contribution in [2.45, 2.75) is 26.5 Å². The summed E-state index contributed by atoms with van der Waals surface area (Å²) in [4.78, 5) is 95.7. The van der Waals surface area contributed by atoms with E-state index in [1.54, 1.807) is 111 Å². The molecule has 7 heterocycles. The number of aromatic nitrogens is 14. The van der Waals surface area contributed by atoms with E-state index in [0.29, 0.717) is 82.9 Å². The van der Waals surface area contributed by atoms with Gasteiger partial charge in [-0.1, -0.05) is 83.8 Å². The summed E-state index contributed by atoms with van der Waals surface area (Å²) in [6, 6.07) is 28.9. The number of nitrogens with zero attached hydrogens (tertiary/aromatic N) is 14. The van der Waals surface area contributed by atoms with Crippen molar-refractivity contribution in [2.75, 3.05) is 32.1 Å². The van der Waals surface area contributed by atoms with Gasteiger partial charge >= 0.3 is 5.97 Å². The summed E-state index contributed by atoms with van der Waals surface area (Å²) >= 11 is 4.15. The molecule has 0 saturated carbocycles. The zero-order valence-electron chi connectivity index (χ0n) is 51.6. The Hall–Kier alpha value is -9.91. The van der Waals surface area contributed by atoms with E-state index in [9.17, 15) is 50.0 Å². The monoisotopic (exact) mass is 1340 g/mol. The molecule has 1 unspecified atom stereocenters. The Labute approximate surface area is 542 Å². The normalized spacial score (nSPS) is 11.3. The molecular formula is C63H58F4N14O8S4. The van der Waals surface area contributed by atoms with Gasteiger partial charge in [0.2, 0.25) is 15.0 Å². The van der Waals surface area contributed by atoms with Gasteiger partial charge in [-0.3, -0.25) is 52.1 Å². The fourth-order valence-corrected chi connectivity index (χ4v) is 10.9. The molecule has 0 radical (unpaired) electrons. The molecule has 22 nitrogen and oxygen atoms in total. The van der Waals surface area contributed by atoms with Crippen molar-refractivity contribution in [2.24, 2.45) is 42.3 Å². The predicted molar refractivity (Wildman–Crippen MR) is 347 cm³/mol. The first-order valence-electron chi connectivity index (χ1n) is 27.4. The smallest absolute Gasteiger partial charge is 0.321 e. The average molecular weight is 1340 g/mol. The Morgan fingerprint density at radius 1 is 0.441 bits per heavy atom. The molecule has 0 aliphatic heterocycles. The lowest BCUT2D eigenvalue weighted by molar-refractivity contribution is -0.141. The van der Waals surface area contributed by atoms with Crippen LogP contribution < -0.4 is 16.7 Å². The van der Waals surface area contributed by atoms with Crippen LogP contribution in [0.15, 0.2) is 181 Å². The molecule has 0 aliphatic carbocycles. The molecule has 7 aromatic heterocycles. The summed E-state index contributed by atoms with van der Waals surface area (Å²) in [6.45, 7) is 0. The summed E-state index contributed by atoms with van der Waals surface area (Å²) in [5.41, 5.74) is 6.38. The minimum absolute atomic E-state index is 0.110. The second-order valence-corrected chi connectivity index (χ2v) is 24.1. The number of halogens is 4. The Balaban J connectivity index is 0.000000159. The second kappa shape index (κ2) is 30.0. The number of Topliss-reactive ketones (excluding diaryl/α,β-unsaturated/α-hetero) is 1. The van der Waals surface area contributed by atoms with E-state index in [4.69, 9.17) is 4.74 Å². The molecule has 0 N–H and O–H groups in total. The maximum absolute atomic E-state index is 13.2. The highest BCUT2D eigenvalue weighted by molar-refractivity contribution is 7.98. The number of rotatable bonds is 14. The Bertz CT molecular complexity index is 4690. The summed E-state index contributed by atoms with van der Waals surface area (Å²) in [5, 5.41) is 1.35. The second-order valence-electron chi connectivity index (χ2n) is 19.9. The minimum atomic E-state index is -3.60. The standard InChI is InChI=1S/C16H15FN4O3S.2C16H15FN4OS.C15H13FN2O3S/c1-20-14(12-8-9-18-16(19-12)25(3,23)24)13(15(22)21(20)2)10-4-6-11(17)7-5-10;2*1-20-14(12-8-9-18-16(19-12)23-3)13(15(22)21(20)2)10-4-6-11(17)7-5-10;1-21-14(20)12(9-3-5-10(16)6-4-9)13(19)11-7-8-17-15(18-11)22-2/h4-9H,1-3H3;2*4-9H,1-3H3;3-8,12H,1-2H3. The predicted octanol–water partition coefficient (Wildman–Crippen LogP) is 9.29. The van der Waals surface area contributed by atoms with Crippen LogP contribution in [0.5, 0.6) is 0 Å². The average Bonchev–Trinajstić information content (AvgIpc) is 1.70. The largest absolute Gasteiger partial charge is 0.468 e. The molecule has 0 aliphatic rings. The molecule has 0 fully saturated rings. The van der Waals surface area contributed by atoms with Crippen LogP contribution in [-0.4, -0.2) is 120 Å². The van der Waals surface area contributed by atoms with Crippen molar-refractivity contribution in [1.29, 1.82) is 0 Å². The van der Waals surface area contributed by atoms with Crippen molar-refractivity contribution >= 4 is 56.9 Å². The summed E-state index contributed by atoms with van der Waals surface area (Å²) < 4.78 is 90.2. The van der Waals surface area contributed by atoms with Crippen molar-refractivity contribution in [3.8, 4) is 67.5 Å². The number of hydrogen-bond donors (Lipinski definition) is 0. The number of hydrogen-bond acceptors (Lipinski definition) is 19. The molecule has 11 rings (SSSR count). The maximum atomic E-state index is 13.2. The Kier molecular flexibility index (Phi) is 22.3. The van der Waals surface area contributed by atoms with Gasteiger partial charge in [-0.05, 0) is 114 Å². The van der Waals surface area contributed by atoms with Gasteiger partial charge in [0.05, 0.1) is 58.0 Å². The van der Waals surface area contributed by atoms with Gasteiger partial charge in [-0.2, -0.15) is 0 Å². The fraction of sp³-hybridized carbons (Fsp3) is 0.190. The highest BCUT2D eigenvalue weighted by atomic mass is 32.2. The SMILES string of the molecule is COC(=O)C(C(=O)c1ccnc(SC)n1)c1ccc(F)cc1.CSc1nccc(-c2c(-c3ccc(F)cc3)c(=O)n(C)n2C)n1.CSc1nccc(-c2c(-c3ccc(F)cc3)c(=O)n(C)n2C)n1.Cn1c(-c2ccnc(S(C)(=O)=O)n2)c(-c2ccc(F)cc2)c(=O)n1C. The molecule has 0 amide bonds. The lowest BCUT2D eigenvalue weighted by Crippen LogP contribution is -2.24. The maximum Gasteiger partial charge on any atom is 0.321 e. The number of benzene rings is 4. The van der Waals surface area contributed by atoms with Crippen LogP contribution in [0.4, 0.5) is 17.6 Å². The quantitative estimate of drug-likeness (QED) is 0.0245. The van der Waals surface area contributed by atoms with Crippen LogP contribution >= 0.6 is 35.3 Å². The number of esters is 1. The van der Waals surface area contributed by atoms with E-state index in [1.165, 1.54) is 154 Å². The molecule has 0 saturated heterocycles. The van der Waals surface area contributed by atoms with E-state index in [1.807, 2.05) is 12.5 Å². The fourth-order valence-electron chi connectivity index (χ4n) is 9.33. The number of carbonyl (C=O) groups excluding carboxylic acids is 2. The van der Waals surface area contributed by atoms with Crippen molar-refractivity contribution < 1.29 is 40.3 Å². The minimum Gasteiger partial charge on any atom is -0.468 e. The van der Waals surface area contributed by atoms with E-state index in [2.05, 4.69) is 39.9 Å². The molecule has 1 atom stereocenters. The highest BCUT2D eigenvalue weighted by Gasteiger charge is 2.32. The number of carbonyl (C=O) groups is 2. The third-order valence-electron chi connectivity index (χ3n) is 14.2. The summed E-state index contributed by atoms with van der Waals surface area (Å²) in [7, 11) is 7.81. The van der Waals surface area contributed by atoms with Crippen molar-refractivity contribution in [1.82, 2.24) is 68.0 Å². The van der Waals surface area contributed by atoms with Gasteiger partial charge in [0.1, 0.15) is 34.9 Å². The molecule has 4 aromatic carbocycles. The van der Waals surface area contributed by atoms with E-state index >= 15 is 0 Å². The zero-order chi connectivity index (χ0) is 67.6. The van der Waals surface area contributed by atoms with Crippen LogP contribution in [0.1, 0.15) is 22.0 Å². The third-order valence-corrected chi connectivity index (χ3v) is 16.8. The van der Waals surface area contributed by atoms with Gasteiger partial charge in [-0.25, -0.2) is 65.9 Å². The zero-order valence-corrected chi connectivity index (χ0v) is 54.9. The van der Waals surface area contributed by atoms with Gasteiger partial charge in [0, 0.05) is 73.3 Å². The lowest BCUT2D eigenvalue weighted by atomic mass is 9.93. The number of ketones is 1. The third kappa shape index (κ3) is 15.5. The highest BCUT2D eigenvalue weighted by Crippen LogP contribution is 2.33. The van der Waals surface area contributed by atoms with Gasteiger partial charge in [0.15, 0.2) is 21.3 Å². The number of thioether (sulfide) groups is 3. The van der Waals surface area contributed by atoms with Gasteiger partial charge in [0.25, 0.3) is 16.7 Å². The molecule has 93 heavy (non-hydrogen) atoms. The molecule has 11 aromatic rings. The number of sulfone groups is 1. The van der Waals surface area contributed by atoms with Crippen molar-refractivity contribution in [3.63, 3.8) is 0 Å². The van der Waals surface area contributed by atoms with Crippen LogP contribution in [0.3, 0.4) is 0 Å². The first-order valence-corrected chi connectivity index (χ1v) is 33.0. The molecular weight excluding hydrogens is 1290 g/mol. The van der Waals surface area contributed by atoms with Crippen LogP contribution in [-0.2, 0) is 61.7 Å². The van der Waals surface area contributed by atoms with Crippen LogP contribution in [0.25, 0.3) is 67.5 Å². The first-order chi connectivity index (χ1) is 44.3. The summed E-state index contributed by atoms with van der Waals surface area (Å²) in [6.07, 6.45) is 12.7. The van der Waals surface area contributed by atoms with Crippen molar-refractivity contribution in [3.05, 3.63) is 212 Å². The van der Waals surface area contributed by atoms with Crippen LogP contribution in [0.2, 0.25) is 0 Å². The topological polar surface area (TPSA) is 261 Å². The van der Waals surface area contributed by atoms with Crippen LogP contribution in [0, 0.1) is 23.3 Å². The van der Waals surface area contributed by atoms with Gasteiger partial charge in [-0.15, -0.1) is 0 Å². The molecule has 30 heteroatoms. The Morgan fingerprint density at radius 3 is 1.09 bits per heavy atom. The first kappa shape index (κ1) is 69.0. The van der Waals surface area contributed by atoms with E-state index < -0.39 is 39.1 Å². The number of ether oxygens (including phenoxy) is 1. The van der Waals surface area contributed by atoms with E-state index in [0.717, 1.165) is 6.26 Å². The molecule has 0 bridgehead atoms. The Morgan fingerprint density at radius 2 is 0.753 bits per heavy atom.